The molecule has 1 amide bonds. The molecule has 1 aliphatic rings. The molecule has 4 nitrogen and oxygen atoms in total. The zero-order valence-corrected chi connectivity index (χ0v) is 14.9. The van der Waals surface area contributed by atoms with E-state index in [0.29, 0.717) is 18.7 Å². The number of aromatic hydroxyl groups is 1. The molecule has 126 valence electrons. The van der Waals surface area contributed by atoms with Crippen LogP contribution in [0.2, 0.25) is 0 Å². The molecule has 2 aromatic rings. The monoisotopic (exact) mass is 389 g/mol. The lowest BCUT2D eigenvalue weighted by Crippen LogP contribution is -2.37. The van der Waals surface area contributed by atoms with Gasteiger partial charge in [0.25, 0.3) is 5.91 Å². The number of rotatable bonds is 5. The Kier molecular flexibility index (Phi) is 5.53. The molecule has 1 unspecified atom stereocenters. The lowest BCUT2D eigenvalue weighted by atomic mass is 10.1. The summed E-state index contributed by atoms with van der Waals surface area (Å²) in [5.74, 6) is 0.145. The molecule has 1 atom stereocenters. The van der Waals surface area contributed by atoms with Crippen molar-refractivity contribution in [1.82, 2.24) is 4.90 Å². The third kappa shape index (κ3) is 4.16. The summed E-state index contributed by atoms with van der Waals surface area (Å²) in [6.45, 7) is 1.64. The van der Waals surface area contributed by atoms with Crippen molar-refractivity contribution in [2.45, 2.75) is 25.5 Å². The lowest BCUT2D eigenvalue weighted by molar-refractivity contribution is 0.0506. The van der Waals surface area contributed by atoms with E-state index in [2.05, 4.69) is 15.9 Å². The quantitative estimate of drug-likeness (QED) is 0.841. The van der Waals surface area contributed by atoms with Gasteiger partial charge < -0.3 is 14.7 Å². The van der Waals surface area contributed by atoms with E-state index in [1.807, 2.05) is 30.3 Å². The SMILES string of the molecule is O=C(c1cccc(Br)c1)N(Cc1ccccc1O)CC1CCCO1. The van der Waals surface area contributed by atoms with Crippen molar-refractivity contribution in [2.75, 3.05) is 13.2 Å². The molecule has 5 heteroatoms. The summed E-state index contributed by atoms with van der Waals surface area (Å²) >= 11 is 3.41. The fourth-order valence-electron chi connectivity index (χ4n) is 2.91. The van der Waals surface area contributed by atoms with Gasteiger partial charge in [0.1, 0.15) is 5.75 Å². The largest absolute Gasteiger partial charge is 0.508 e. The number of benzene rings is 2. The molecule has 1 heterocycles. The minimum Gasteiger partial charge on any atom is -0.508 e. The predicted octanol–water partition coefficient (Wildman–Crippen LogP) is 3.98. The van der Waals surface area contributed by atoms with Gasteiger partial charge in [0.15, 0.2) is 0 Å². The number of ether oxygens (including phenoxy) is 1. The molecule has 1 N–H and O–H groups in total. The molecule has 24 heavy (non-hydrogen) atoms. The van der Waals surface area contributed by atoms with Crippen molar-refractivity contribution in [3.8, 4) is 5.75 Å². The third-order valence-electron chi connectivity index (χ3n) is 4.16. The first-order valence-corrected chi connectivity index (χ1v) is 8.86. The predicted molar refractivity (Wildman–Crippen MR) is 96.0 cm³/mol. The molecule has 1 saturated heterocycles. The first-order chi connectivity index (χ1) is 11.6. The molecule has 0 aromatic heterocycles. The number of hydrogen-bond acceptors (Lipinski definition) is 3. The Bertz CT molecular complexity index is 713. The van der Waals surface area contributed by atoms with E-state index < -0.39 is 0 Å². The number of phenols is 1. The van der Waals surface area contributed by atoms with Gasteiger partial charge >= 0.3 is 0 Å². The maximum Gasteiger partial charge on any atom is 0.254 e. The Morgan fingerprint density at radius 3 is 2.79 bits per heavy atom. The molecule has 1 fully saturated rings. The van der Waals surface area contributed by atoms with E-state index in [1.54, 1.807) is 23.1 Å². The standard InChI is InChI=1S/C19H20BrNO3/c20-16-7-3-6-14(11-16)19(23)21(13-17-8-4-10-24-17)12-15-5-1-2-9-18(15)22/h1-3,5-7,9,11,17,22H,4,8,10,12-13H2. The summed E-state index contributed by atoms with van der Waals surface area (Å²) in [6, 6.07) is 14.5. The first-order valence-electron chi connectivity index (χ1n) is 8.07. The first kappa shape index (κ1) is 17.0. The van der Waals surface area contributed by atoms with Crippen LogP contribution in [-0.4, -0.2) is 35.2 Å². The highest BCUT2D eigenvalue weighted by Crippen LogP contribution is 2.22. The van der Waals surface area contributed by atoms with Gasteiger partial charge in [0.05, 0.1) is 6.10 Å². The molecule has 0 spiro atoms. The summed E-state index contributed by atoms with van der Waals surface area (Å²) in [7, 11) is 0. The molecule has 0 bridgehead atoms. The average molecular weight is 390 g/mol. The maximum absolute atomic E-state index is 13.0. The van der Waals surface area contributed by atoms with Gasteiger partial charge in [-0.15, -0.1) is 0 Å². The maximum atomic E-state index is 13.0. The van der Waals surface area contributed by atoms with Crippen LogP contribution in [0.5, 0.6) is 5.75 Å². The van der Waals surface area contributed by atoms with Gasteiger partial charge in [0.2, 0.25) is 0 Å². The minimum absolute atomic E-state index is 0.0601. The average Bonchev–Trinajstić information content (AvgIpc) is 3.08. The number of amides is 1. The van der Waals surface area contributed by atoms with Crippen molar-refractivity contribution in [3.05, 3.63) is 64.1 Å². The zero-order valence-electron chi connectivity index (χ0n) is 13.3. The van der Waals surface area contributed by atoms with Gasteiger partial charge in [-0.2, -0.15) is 0 Å². The van der Waals surface area contributed by atoms with Crippen molar-refractivity contribution in [1.29, 1.82) is 0 Å². The van der Waals surface area contributed by atoms with Crippen LogP contribution < -0.4 is 0 Å². The lowest BCUT2D eigenvalue weighted by Gasteiger charge is -2.26. The number of carbonyl (C=O) groups is 1. The van der Waals surface area contributed by atoms with E-state index in [0.717, 1.165) is 29.5 Å². The number of nitrogens with zero attached hydrogens (tertiary/aromatic N) is 1. The Balaban J connectivity index is 1.83. The summed E-state index contributed by atoms with van der Waals surface area (Å²) in [6.07, 6.45) is 2.05. The number of halogens is 1. The Labute approximate surface area is 150 Å². The van der Waals surface area contributed by atoms with Crippen LogP contribution in [-0.2, 0) is 11.3 Å². The summed E-state index contributed by atoms with van der Waals surface area (Å²) < 4.78 is 6.56. The van der Waals surface area contributed by atoms with E-state index >= 15 is 0 Å². The van der Waals surface area contributed by atoms with E-state index in [-0.39, 0.29) is 17.8 Å². The number of carbonyl (C=O) groups excluding carboxylic acids is 1. The van der Waals surface area contributed by atoms with Crippen LogP contribution >= 0.6 is 15.9 Å². The minimum atomic E-state index is -0.0601. The van der Waals surface area contributed by atoms with Gasteiger partial charge in [-0.25, -0.2) is 0 Å². The smallest absolute Gasteiger partial charge is 0.254 e. The number of hydrogen-bond donors (Lipinski definition) is 1. The Morgan fingerprint density at radius 1 is 1.25 bits per heavy atom. The van der Waals surface area contributed by atoms with Crippen LogP contribution in [0.25, 0.3) is 0 Å². The molecule has 0 radical (unpaired) electrons. The summed E-state index contributed by atoms with van der Waals surface area (Å²) in [4.78, 5) is 14.7. The van der Waals surface area contributed by atoms with E-state index in [1.165, 1.54) is 0 Å². The molecule has 0 aliphatic carbocycles. The second-order valence-corrected chi connectivity index (χ2v) is 6.88. The molecule has 3 rings (SSSR count). The van der Waals surface area contributed by atoms with Gasteiger partial charge in [-0.1, -0.05) is 40.2 Å². The van der Waals surface area contributed by atoms with Gasteiger partial charge in [0, 0.05) is 35.3 Å². The van der Waals surface area contributed by atoms with Crippen LogP contribution in [0.15, 0.2) is 53.0 Å². The highest BCUT2D eigenvalue weighted by atomic mass is 79.9. The van der Waals surface area contributed by atoms with Crippen LogP contribution in [0, 0.1) is 0 Å². The molecular formula is C19H20BrNO3. The number of para-hydroxylation sites is 1. The fraction of sp³-hybridized carbons (Fsp3) is 0.316. The molecular weight excluding hydrogens is 370 g/mol. The van der Waals surface area contributed by atoms with Crippen molar-refractivity contribution in [3.63, 3.8) is 0 Å². The normalized spacial score (nSPS) is 17.0. The Morgan fingerprint density at radius 2 is 2.08 bits per heavy atom. The van der Waals surface area contributed by atoms with Crippen molar-refractivity contribution in [2.24, 2.45) is 0 Å². The summed E-state index contributed by atoms with van der Waals surface area (Å²) in [5.41, 5.74) is 1.36. The fourth-order valence-corrected chi connectivity index (χ4v) is 3.31. The highest BCUT2D eigenvalue weighted by Gasteiger charge is 2.24. The second-order valence-electron chi connectivity index (χ2n) is 5.96. The Hall–Kier alpha value is -1.85. The molecule has 2 aromatic carbocycles. The van der Waals surface area contributed by atoms with Gasteiger partial charge in [-0.05, 0) is 37.1 Å². The highest BCUT2D eigenvalue weighted by molar-refractivity contribution is 9.10. The van der Waals surface area contributed by atoms with Crippen molar-refractivity contribution >= 4 is 21.8 Å². The van der Waals surface area contributed by atoms with Gasteiger partial charge in [-0.3, -0.25) is 4.79 Å². The van der Waals surface area contributed by atoms with Crippen LogP contribution in [0.1, 0.15) is 28.8 Å². The van der Waals surface area contributed by atoms with Crippen LogP contribution in [0.3, 0.4) is 0 Å². The topological polar surface area (TPSA) is 49.8 Å². The summed E-state index contributed by atoms with van der Waals surface area (Å²) in [5, 5.41) is 10.0. The van der Waals surface area contributed by atoms with Crippen molar-refractivity contribution < 1.29 is 14.6 Å². The molecule has 1 aliphatic heterocycles. The zero-order chi connectivity index (χ0) is 16.9. The molecule has 0 saturated carbocycles. The third-order valence-corrected chi connectivity index (χ3v) is 4.65. The van der Waals surface area contributed by atoms with E-state index in [9.17, 15) is 9.90 Å². The second kappa shape index (κ2) is 7.81. The number of phenolic OH excluding ortho intramolecular Hbond substituents is 1. The van der Waals surface area contributed by atoms with Crippen LogP contribution in [0.4, 0.5) is 0 Å². The van der Waals surface area contributed by atoms with E-state index in [4.69, 9.17) is 4.74 Å².